The molecule has 4 N–H and O–H groups in total. The van der Waals surface area contributed by atoms with Crippen molar-refractivity contribution in [2.24, 2.45) is 5.92 Å². The molecule has 164 valence electrons. The molecule has 2 aliphatic rings. The summed E-state index contributed by atoms with van der Waals surface area (Å²) in [4.78, 5) is 20.8. The number of unbranched alkanes of at least 4 members (excludes halogenated alkanes) is 1. The van der Waals surface area contributed by atoms with Gasteiger partial charge >= 0.3 is 5.97 Å². The summed E-state index contributed by atoms with van der Waals surface area (Å²) in [6.45, 7) is 2.86. The number of nitrogens with zero attached hydrogens (tertiary/aromatic N) is 5. The Morgan fingerprint density at radius 2 is 2.00 bits per heavy atom. The maximum absolute atomic E-state index is 11.4. The second-order valence-electron chi connectivity index (χ2n) is 8.09. The van der Waals surface area contributed by atoms with Crippen LogP contribution in [0.2, 0.25) is 0 Å². The van der Waals surface area contributed by atoms with E-state index in [0.717, 1.165) is 32.2 Å². The topological polar surface area (TPSA) is 146 Å². The van der Waals surface area contributed by atoms with Crippen molar-refractivity contribution in [2.75, 3.05) is 11.9 Å². The molecule has 0 unspecified atom stereocenters. The highest BCUT2D eigenvalue weighted by atomic mass is 32.2. The molecule has 0 aliphatic heterocycles. The van der Waals surface area contributed by atoms with Gasteiger partial charge in [0.25, 0.3) is 0 Å². The first-order valence-corrected chi connectivity index (χ1v) is 11.5. The first-order valence-electron chi connectivity index (χ1n) is 10.6. The van der Waals surface area contributed by atoms with Crippen LogP contribution in [0.5, 0.6) is 0 Å². The number of nitrogens with one attached hydrogen (secondary N) is 1. The molecule has 2 heterocycles. The summed E-state index contributed by atoms with van der Waals surface area (Å²) in [5, 5.41) is 42.8. The number of hydrogen-bond acceptors (Lipinski definition) is 9. The number of anilines is 1. The molecule has 10 nitrogen and oxygen atoms in total. The van der Waals surface area contributed by atoms with Gasteiger partial charge in [0.2, 0.25) is 0 Å². The Kier molecular flexibility index (Phi) is 6.40. The Morgan fingerprint density at radius 3 is 2.67 bits per heavy atom. The number of carbonyl (C=O) groups is 1. The molecule has 2 aromatic rings. The average molecular weight is 437 g/mol. The van der Waals surface area contributed by atoms with Gasteiger partial charge in [-0.1, -0.05) is 43.2 Å². The zero-order chi connectivity index (χ0) is 21.3. The standard InChI is InChI=1S/C19H28N6O4S/c1-2-3-8-20-16-13-17(22-19(21-16)30-10-6-4-5-7-10)25(24-23-13)12-9-11(18(28)29)14(26)15(12)27/h10-12,14-15,26-27H,2-9H2,1H3,(H,28,29)(H,20,21,22)/t11-,12+,14+,15-/m0/s1. The van der Waals surface area contributed by atoms with Gasteiger partial charge in [0.1, 0.15) is 6.10 Å². The van der Waals surface area contributed by atoms with Crippen molar-refractivity contribution in [3.8, 4) is 0 Å². The van der Waals surface area contributed by atoms with Gasteiger partial charge in [-0.15, -0.1) is 5.10 Å². The number of fused-ring (bicyclic) bond motifs is 1. The molecule has 2 aliphatic carbocycles. The Balaban J connectivity index is 1.70. The van der Waals surface area contributed by atoms with E-state index >= 15 is 0 Å². The predicted molar refractivity (Wildman–Crippen MR) is 111 cm³/mol. The number of aliphatic hydroxyl groups excluding tert-OH is 2. The van der Waals surface area contributed by atoms with E-state index in [1.54, 1.807) is 11.8 Å². The Hall–Kier alpha value is -1.98. The zero-order valence-corrected chi connectivity index (χ0v) is 17.8. The molecule has 30 heavy (non-hydrogen) atoms. The van der Waals surface area contributed by atoms with Gasteiger partial charge in [-0.25, -0.2) is 14.6 Å². The zero-order valence-electron chi connectivity index (χ0n) is 16.9. The van der Waals surface area contributed by atoms with Crippen LogP contribution in [0.4, 0.5) is 5.82 Å². The molecule has 0 bridgehead atoms. The van der Waals surface area contributed by atoms with E-state index in [-0.39, 0.29) is 6.42 Å². The van der Waals surface area contributed by atoms with Crippen LogP contribution in [0.1, 0.15) is 57.9 Å². The fourth-order valence-electron chi connectivity index (χ4n) is 4.24. The lowest BCUT2D eigenvalue weighted by molar-refractivity contribution is -0.145. The lowest BCUT2D eigenvalue weighted by Crippen LogP contribution is -2.32. The number of aromatic nitrogens is 5. The number of rotatable bonds is 8. The summed E-state index contributed by atoms with van der Waals surface area (Å²) in [6, 6.07) is -0.714. The molecular weight excluding hydrogens is 408 g/mol. The minimum absolute atomic E-state index is 0.0594. The lowest BCUT2D eigenvalue weighted by Gasteiger charge is -2.17. The molecule has 2 aromatic heterocycles. The molecule has 4 atom stereocenters. The van der Waals surface area contributed by atoms with Gasteiger partial charge in [0, 0.05) is 11.8 Å². The van der Waals surface area contributed by atoms with Crippen molar-refractivity contribution in [3.05, 3.63) is 0 Å². The van der Waals surface area contributed by atoms with E-state index in [0.29, 0.717) is 27.4 Å². The number of carboxylic acid groups (broad SMARTS) is 1. The third-order valence-electron chi connectivity index (χ3n) is 5.98. The van der Waals surface area contributed by atoms with Crippen LogP contribution in [-0.2, 0) is 4.79 Å². The van der Waals surface area contributed by atoms with Crippen LogP contribution in [-0.4, -0.2) is 70.3 Å². The average Bonchev–Trinajstić information content (AvgIpc) is 3.43. The van der Waals surface area contributed by atoms with E-state index in [9.17, 15) is 20.1 Å². The number of hydrogen-bond donors (Lipinski definition) is 4. The number of thioether (sulfide) groups is 1. The smallest absolute Gasteiger partial charge is 0.309 e. The molecular formula is C19H28N6O4S. The number of aliphatic hydroxyl groups is 2. The van der Waals surface area contributed by atoms with Crippen molar-refractivity contribution in [2.45, 2.75) is 80.5 Å². The minimum Gasteiger partial charge on any atom is -0.481 e. The normalized spacial score (nSPS) is 27.2. The molecule has 0 spiro atoms. The first-order chi connectivity index (χ1) is 14.5. The second-order valence-corrected chi connectivity index (χ2v) is 9.36. The summed E-state index contributed by atoms with van der Waals surface area (Å²) in [6.07, 6.45) is 4.17. The van der Waals surface area contributed by atoms with E-state index < -0.39 is 30.1 Å². The van der Waals surface area contributed by atoms with Gasteiger partial charge < -0.3 is 20.6 Å². The number of carboxylic acids is 1. The van der Waals surface area contributed by atoms with Gasteiger partial charge in [0.15, 0.2) is 22.1 Å². The maximum Gasteiger partial charge on any atom is 0.309 e. The summed E-state index contributed by atoms with van der Waals surface area (Å²) >= 11 is 1.64. The molecule has 2 fully saturated rings. The molecule has 4 rings (SSSR count). The predicted octanol–water partition coefficient (Wildman–Crippen LogP) is 1.84. The summed E-state index contributed by atoms with van der Waals surface area (Å²) in [7, 11) is 0. The van der Waals surface area contributed by atoms with E-state index in [1.807, 2.05) is 0 Å². The molecule has 2 saturated carbocycles. The molecule has 0 aromatic carbocycles. The minimum atomic E-state index is -1.36. The van der Waals surface area contributed by atoms with Crippen molar-refractivity contribution >= 4 is 34.7 Å². The quantitative estimate of drug-likeness (QED) is 0.357. The highest BCUT2D eigenvalue weighted by molar-refractivity contribution is 7.99. The van der Waals surface area contributed by atoms with Crippen LogP contribution in [0, 0.1) is 5.92 Å². The Bertz CT molecular complexity index is 903. The Morgan fingerprint density at radius 1 is 1.23 bits per heavy atom. The van der Waals surface area contributed by atoms with Crippen LogP contribution < -0.4 is 5.32 Å². The van der Waals surface area contributed by atoms with Crippen molar-refractivity contribution < 1.29 is 20.1 Å². The van der Waals surface area contributed by atoms with Crippen molar-refractivity contribution in [3.63, 3.8) is 0 Å². The van der Waals surface area contributed by atoms with Crippen LogP contribution in [0.25, 0.3) is 11.2 Å². The maximum atomic E-state index is 11.4. The molecule has 0 radical (unpaired) electrons. The van der Waals surface area contributed by atoms with Gasteiger partial charge in [0.05, 0.1) is 18.1 Å². The largest absolute Gasteiger partial charge is 0.481 e. The molecule has 11 heteroatoms. The third kappa shape index (κ3) is 4.10. The Labute approximate surface area is 178 Å². The summed E-state index contributed by atoms with van der Waals surface area (Å²) < 4.78 is 1.46. The fraction of sp³-hybridized carbons (Fsp3) is 0.737. The van der Waals surface area contributed by atoms with E-state index in [2.05, 4.69) is 32.5 Å². The van der Waals surface area contributed by atoms with Crippen LogP contribution in [0.15, 0.2) is 5.16 Å². The van der Waals surface area contributed by atoms with Gasteiger partial charge in [-0.2, -0.15) is 0 Å². The monoisotopic (exact) mass is 436 g/mol. The van der Waals surface area contributed by atoms with Gasteiger partial charge in [-0.3, -0.25) is 4.79 Å². The highest BCUT2D eigenvalue weighted by Gasteiger charge is 2.47. The second kappa shape index (κ2) is 9.03. The highest BCUT2D eigenvalue weighted by Crippen LogP contribution is 2.38. The summed E-state index contributed by atoms with van der Waals surface area (Å²) in [5.74, 6) is -1.59. The molecule has 0 saturated heterocycles. The lowest BCUT2D eigenvalue weighted by atomic mass is 10.1. The fourth-order valence-corrected chi connectivity index (χ4v) is 5.39. The number of aliphatic carboxylic acids is 1. The van der Waals surface area contributed by atoms with Crippen LogP contribution in [0.3, 0.4) is 0 Å². The van der Waals surface area contributed by atoms with Crippen molar-refractivity contribution in [1.29, 1.82) is 0 Å². The first kappa shape index (κ1) is 21.3. The summed E-state index contributed by atoms with van der Waals surface area (Å²) in [5.41, 5.74) is 0.939. The SMILES string of the molecule is CCCCNc1nc(SC2CCCC2)nc2c1nnn2[C@@H]1C[C@H](C(=O)O)[C@@H](O)[C@H]1O. The van der Waals surface area contributed by atoms with Crippen molar-refractivity contribution in [1.82, 2.24) is 25.0 Å². The van der Waals surface area contributed by atoms with E-state index in [4.69, 9.17) is 0 Å². The van der Waals surface area contributed by atoms with Gasteiger partial charge in [-0.05, 0) is 25.7 Å². The van der Waals surface area contributed by atoms with Crippen LogP contribution >= 0.6 is 11.8 Å². The molecule has 0 amide bonds. The third-order valence-corrected chi connectivity index (χ3v) is 7.18. The van der Waals surface area contributed by atoms with E-state index in [1.165, 1.54) is 17.5 Å².